The van der Waals surface area contributed by atoms with Gasteiger partial charge in [-0.05, 0) is 13.8 Å². The molecular formula is C15H15N3O4S. The summed E-state index contributed by atoms with van der Waals surface area (Å²) in [6, 6.07) is 0. The summed E-state index contributed by atoms with van der Waals surface area (Å²) in [6.45, 7) is 5.76. The van der Waals surface area contributed by atoms with Crippen molar-refractivity contribution in [3.8, 4) is 0 Å². The maximum Gasteiger partial charge on any atom is 0.337 e. The van der Waals surface area contributed by atoms with E-state index in [0.29, 0.717) is 28.5 Å². The van der Waals surface area contributed by atoms with E-state index in [-0.39, 0.29) is 23.1 Å². The summed E-state index contributed by atoms with van der Waals surface area (Å²) in [5, 5.41) is 14.8. The van der Waals surface area contributed by atoms with E-state index in [2.05, 4.69) is 10.1 Å². The second-order valence-corrected chi connectivity index (χ2v) is 6.07. The van der Waals surface area contributed by atoms with Crippen molar-refractivity contribution in [2.24, 2.45) is 0 Å². The Morgan fingerprint density at radius 3 is 2.74 bits per heavy atom. The van der Waals surface area contributed by atoms with E-state index >= 15 is 0 Å². The molecule has 0 bridgehead atoms. The highest BCUT2D eigenvalue weighted by Gasteiger charge is 2.20. The van der Waals surface area contributed by atoms with Crippen LogP contribution in [-0.2, 0) is 13.0 Å². The summed E-state index contributed by atoms with van der Waals surface area (Å²) in [4.78, 5) is 29.1. The van der Waals surface area contributed by atoms with Gasteiger partial charge >= 0.3 is 5.97 Å². The van der Waals surface area contributed by atoms with Crippen LogP contribution in [0.4, 0.5) is 0 Å². The Morgan fingerprint density at radius 1 is 1.43 bits per heavy atom. The van der Waals surface area contributed by atoms with Gasteiger partial charge in [-0.1, -0.05) is 12.1 Å². The topological polar surface area (TPSA) is 98.2 Å². The van der Waals surface area contributed by atoms with Crippen molar-refractivity contribution in [2.45, 2.75) is 33.7 Å². The Labute approximate surface area is 135 Å². The number of thiophene rings is 1. The highest BCUT2D eigenvalue weighted by molar-refractivity contribution is 7.17. The first kappa shape index (κ1) is 15.4. The fourth-order valence-electron chi connectivity index (χ4n) is 2.54. The molecule has 8 heteroatoms. The predicted octanol–water partition coefficient (Wildman–Crippen LogP) is 2.37. The number of fused-ring (bicyclic) bond motifs is 1. The number of aryl methyl sites for hydroxylation is 3. The van der Waals surface area contributed by atoms with Crippen molar-refractivity contribution in [1.82, 2.24) is 14.7 Å². The number of aromatic nitrogens is 3. The molecule has 0 saturated heterocycles. The fraction of sp³-hybridized carbons (Fsp3) is 0.333. The zero-order valence-electron chi connectivity index (χ0n) is 12.9. The molecule has 0 spiro atoms. The Bertz CT molecular complexity index is 948. The standard InChI is InChI=1S/C15H15N3O4S/c1-4-11-16-13-12(10(6-23-13)15(20)21)14(19)18(11)5-9-7(2)17-22-8(9)3/h6H,4-5H2,1-3H3,(H,20,21). The normalized spacial score (nSPS) is 11.3. The number of carbonyl (C=O) groups is 1. The summed E-state index contributed by atoms with van der Waals surface area (Å²) >= 11 is 1.17. The van der Waals surface area contributed by atoms with Crippen LogP contribution < -0.4 is 5.56 Å². The Hall–Kier alpha value is -2.48. The summed E-state index contributed by atoms with van der Waals surface area (Å²) < 4.78 is 6.65. The van der Waals surface area contributed by atoms with Crippen LogP contribution in [-0.4, -0.2) is 25.8 Å². The minimum Gasteiger partial charge on any atom is -0.478 e. The number of carboxylic acids is 1. The molecular weight excluding hydrogens is 318 g/mol. The van der Waals surface area contributed by atoms with Gasteiger partial charge in [0.15, 0.2) is 0 Å². The number of carboxylic acid groups (broad SMARTS) is 1. The molecule has 0 radical (unpaired) electrons. The third-order valence-corrected chi connectivity index (χ3v) is 4.69. The smallest absolute Gasteiger partial charge is 0.337 e. The summed E-state index contributed by atoms with van der Waals surface area (Å²) in [6.07, 6.45) is 0.564. The summed E-state index contributed by atoms with van der Waals surface area (Å²) in [7, 11) is 0. The largest absolute Gasteiger partial charge is 0.478 e. The molecule has 3 rings (SSSR count). The molecule has 3 aromatic heterocycles. The Morgan fingerprint density at radius 2 is 2.17 bits per heavy atom. The lowest BCUT2D eigenvalue weighted by Crippen LogP contribution is -2.26. The van der Waals surface area contributed by atoms with Crippen LogP contribution in [0, 0.1) is 13.8 Å². The van der Waals surface area contributed by atoms with E-state index in [1.165, 1.54) is 21.3 Å². The third kappa shape index (κ3) is 2.44. The van der Waals surface area contributed by atoms with Crippen LogP contribution in [0.5, 0.6) is 0 Å². The van der Waals surface area contributed by atoms with E-state index < -0.39 is 5.97 Å². The summed E-state index contributed by atoms with van der Waals surface area (Å²) in [5.74, 6) is 0.130. The van der Waals surface area contributed by atoms with Crippen LogP contribution >= 0.6 is 11.3 Å². The average Bonchev–Trinajstić information content (AvgIpc) is 3.07. The van der Waals surface area contributed by atoms with Gasteiger partial charge in [0.05, 0.1) is 23.2 Å². The minimum absolute atomic E-state index is 0.00216. The van der Waals surface area contributed by atoms with Crippen molar-refractivity contribution in [2.75, 3.05) is 0 Å². The van der Waals surface area contributed by atoms with Crippen molar-refractivity contribution < 1.29 is 14.4 Å². The van der Waals surface area contributed by atoms with Crippen LogP contribution in [0.15, 0.2) is 14.7 Å². The fourth-order valence-corrected chi connectivity index (χ4v) is 3.46. The van der Waals surface area contributed by atoms with Crippen LogP contribution in [0.25, 0.3) is 10.2 Å². The van der Waals surface area contributed by atoms with E-state index in [1.807, 2.05) is 13.8 Å². The second kappa shape index (κ2) is 5.62. The van der Waals surface area contributed by atoms with E-state index in [1.54, 1.807) is 6.92 Å². The lowest BCUT2D eigenvalue weighted by molar-refractivity contribution is 0.0699. The van der Waals surface area contributed by atoms with Crippen LogP contribution in [0.3, 0.4) is 0 Å². The predicted molar refractivity (Wildman–Crippen MR) is 85.3 cm³/mol. The van der Waals surface area contributed by atoms with Crippen LogP contribution in [0.2, 0.25) is 0 Å². The molecule has 23 heavy (non-hydrogen) atoms. The zero-order chi connectivity index (χ0) is 16.7. The lowest BCUT2D eigenvalue weighted by Gasteiger charge is -2.11. The SMILES string of the molecule is CCc1nc2scc(C(=O)O)c2c(=O)n1Cc1c(C)noc1C. The number of hydrogen-bond donors (Lipinski definition) is 1. The van der Waals surface area contributed by atoms with Crippen molar-refractivity contribution in [3.05, 3.63) is 44.1 Å². The highest BCUT2D eigenvalue weighted by atomic mass is 32.1. The molecule has 3 heterocycles. The first-order chi connectivity index (χ1) is 10.9. The Balaban J connectivity index is 2.26. The highest BCUT2D eigenvalue weighted by Crippen LogP contribution is 2.23. The third-order valence-electron chi connectivity index (χ3n) is 3.82. The molecule has 0 aliphatic carbocycles. The minimum atomic E-state index is -1.12. The zero-order valence-corrected chi connectivity index (χ0v) is 13.7. The molecule has 0 fully saturated rings. The van der Waals surface area contributed by atoms with Gasteiger partial charge in [-0.3, -0.25) is 9.36 Å². The van der Waals surface area contributed by atoms with Gasteiger partial charge in [0, 0.05) is 17.4 Å². The molecule has 1 N–H and O–H groups in total. The second-order valence-electron chi connectivity index (χ2n) is 5.21. The van der Waals surface area contributed by atoms with E-state index in [9.17, 15) is 14.7 Å². The van der Waals surface area contributed by atoms with Crippen molar-refractivity contribution in [1.29, 1.82) is 0 Å². The molecule has 7 nitrogen and oxygen atoms in total. The average molecular weight is 333 g/mol. The van der Waals surface area contributed by atoms with Gasteiger partial charge in [-0.15, -0.1) is 11.3 Å². The molecule has 0 atom stereocenters. The molecule has 0 unspecified atom stereocenters. The first-order valence-electron chi connectivity index (χ1n) is 7.10. The molecule has 0 saturated carbocycles. The quantitative estimate of drug-likeness (QED) is 0.787. The van der Waals surface area contributed by atoms with Gasteiger partial charge in [-0.25, -0.2) is 9.78 Å². The van der Waals surface area contributed by atoms with Crippen molar-refractivity contribution >= 4 is 27.5 Å². The van der Waals surface area contributed by atoms with Gasteiger partial charge < -0.3 is 9.63 Å². The molecule has 0 aromatic carbocycles. The Kier molecular flexibility index (Phi) is 3.77. The number of nitrogens with zero attached hydrogens (tertiary/aromatic N) is 3. The molecule has 3 aromatic rings. The summed E-state index contributed by atoms with van der Waals surface area (Å²) in [5.41, 5.74) is 1.18. The van der Waals surface area contributed by atoms with Crippen molar-refractivity contribution in [3.63, 3.8) is 0 Å². The maximum atomic E-state index is 12.9. The number of hydrogen-bond acceptors (Lipinski definition) is 6. The van der Waals surface area contributed by atoms with E-state index in [4.69, 9.17) is 4.52 Å². The maximum absolute atomic E-state index is 12.9. The number of aromatic carboxylic acids is 1. The number of rotatable bonds is 4. The monoisotopic (exact) mass is 333 g/mol. The van der Waals surface area contributed by atoms with Gasteiger partial charge in [0.2, 0.25) is 0 Å². The van der Waals surface area contributed by atoms with Crippen LogP contribution in [0.1, 0.15) is 40.1 Å². The van der Waals surface area contributed by atoms with Gasteiger partial charge in [0.1, 0.15) is 16.4 Å². The van der Waals surface area contributed by atoms with Gasteiger partial charge in [-0.2, -0.15) is 0 Å². The van der Waals surface area contributed by atoms with Gasteiger partial charge in [0.25, 0.3) is 5.56 Å². The molecule has 0 aliphatic heterocycles. The van der Waals surface area contributed by atoms with E-state index in [0.717, 1.165) is 5.56 Å². The lowest BCUT2D eigenvalue weighted by atomic mass is 10.2. The molecule has 0 aliphatic rings. The first-order valence-corrected chi connectivity index (χ1v) is 7.98. The molecule has 0 amide bonds. The molecule has 120 valence electrons.